The Morgan fingerprint density at radius 3 is 2.39 bits per heavy atom. The van der Waals surface area contributed by atoms with E-state index in [-0.39, 0.29) is 16.8 Å². The van der Waals surface area contributed by atoms with Gasteiger partial charge < -0.3 is 5.32 Å². The second-order valence-corrected chi connectivity index (χ2v) is 8.17. The van der Waals surface area contributed by atoms with E-state index in [4.69, 9.17) is 5.14 Å². The Hall–Kier alpha value is -1.70. The number of rotatable bonds is 5. The van der Waals surface area contributed by atoms with Crippen LogP contribution in [0.1, 0.15) is 45.6 Å². The average Bonchev–Trinajstić information content (AvgIpc) is 2.87. The predicted molar refractivity (Wildman–Crippen MR) is 92.1 cm³/mol. The molecule has 2 aromatic rings. The van der Waals surface area contributed by atoms with Crippen LogP contribution in [0.4, 0.5) is 0 Å². The summed E-state index contributed by atoms with van der Waals surface area (Å²) in [7, 11) is -3.70. The minimum atomic E-state index is -3.70. The van der Waals surface area contributed by atoms with Crippen molar-refractivity contribution in [3.05, 3.63) is 51.2 Å². The van der Waals surface area contributed by atoms with Gasteiger partial charge in [-0.1, -0.05) is 19.1 Å². The van der Waals surface area contributed by atoms with E-state index >= 15 is 0 Å². The van der Waals surface area contributed by atoms with Crippen molar-refractivity contribution < 1.29 is 13.2 Å². The lowest BCUT2D eigenvalue weighted by atomic mass is 10.1. The molecule has 1 amide bonds. The van der Waals surface area contributed by atoms with E-state index in [1.54, 1.807) is 12.1 Å². The number of nitrogens with two attached hydrogens (primary N) is 1. The molecule has 124 valence electrons. The molecule has 0 saturated carbocycles. The van der Waals surface area contributed by atoms with Crippen molar-refractivity contribution in [2.45, 2.75) is 38.1 Å². The smallest absolute Gasteiger partial charge is 0.261 e. The third-order valence-electron chi connectivity index (χ3n) is 3.68. The highest BCUT2D eigenvalue weighted by molar-refractivity contribution is 7.89. The Labute approximate surface area is 140 Å². The molecule has 1 aromatic carbocycles. The van der Waals surface area contributed by atoms with Crippen molar-refractivity contribution in [2.24, 2.45) is 5.14 Å². The number of primary sulfonamides is 1. The fourth-order valence-electron chi connectivity index (χ4n) is 2.28. The predicted octanol–water partition coefficient (Wildman–Crippen LogP) is 2.76. The van der Waals surface area contributed by atoms with Crippen LogP contribution in [0.15, 0.2) is 35.2 Å². The van der Waals surface area contributed by atoms with Crippen LogP contribution in [0, 0.1) is 6.92 Å². The zero-order valence-corrected chi connectivity index (χ0v) is 14.9. The Kier molecular flexibility index (Phi) is 5.23. The van der Waals surface area contributed by atoms with Gasteiger partial charge in [0.15, 0.2) is 0 Å². The minimum absolute atomic E-state index is 0.0567. The van der Waals surface area contributed by atoms with Gasteiger partial charge in [-0.2, -0.15) is 0 Å². The number of carbonyl (C=O) groups excluding carboxylic acids is 1. The quantitative estimate of drug-likeness (QED) is 0.867. The number of amides is 1. The summed E-state index contributed by atoms with van der Waals surface area (Å²) in [5.41, 5.74) is 2.00. The van der Waals surface area contributed by atoms with Crippen LogP contribution in [-0.4, -0.2) is 14.3 Å². The molecular weight excluding hydrogens is 332 g/mol. The van der Waals surface area contributed by atoms with E-state index in [9.17, 15) is 13.2 Å². The van der Waals surface area contributed by atoms with Crippen LogP contribution < -0.4 is 10.5 Å². The summed E-state index contributed by atoms with van der Waals surface area (Å²) >= 11 is 1.48. The van der Waals surface area contributed by atoms with E-state index in [0.717, 1.165) is 16.9 Å². The number of benzene rings is 1. The highest BCUT2D eigenvalue weighted by Gasteiger charge is 2.15. The van der Waals surface area contributed by atoms with E-state index < -0.39 is 10.0 Å². The Morgan fingerprint density at radius 2 is 1.91 bits per heavy atom. The van der Waals surface area contributed by atoms with E-state index in [2.05, 4.69) is 12.2 Å². The maximum Gasteiger partial charge on any atom is 0.261 e. The largest absolute Gasteiger partial charge is 0.345 e. The molecule has 0 fully saturated rings. The summed E-state index contributed by atoms with van der Waals surface area (Å²) < 4.78 is 22.5. The number of nitrogens with one attached hydrogen (secondary N) is 1. The zero-order chi connectivity index (χ0) is 17.2. The van der Waals surface area contributed by atoms with Crippen molar-refractivity contribution in [2.75, 3.05) is 0 Å². The van der Waals surface area contributed by atoms with Gasteiger partial charge in [-0.25, -0.2) is 13.6 Å². The molecule has 1 heterocycles. The lowest BCUT2D eigenvalue weighted by Crippen LogP contribution is -2.26. The molecule has 0 aliphatic rings. The fourth-order valence-corrected chi connectivity index (χ4v) is 3.81. The standard InChI is InChI=1S/C16H20N2O3S2/c1-4-12-9-15(22-11(12)3)16(19)18-10(2)13-5-7-14(8-6-13)23(17,20)21/h5-10H,4H2,1-3H3,(H,18,19)(H2,17,20,21). The van der Waals surface area contributed by atoms with Gasteiger partial charge in [0, 0.05) is 4.88 Å². The molecule has 0 aliphatic heterocycles. The van der Waals surface area contributed by atoms with Gasteiger partial charge in [0.05, 0.1) is 15.8 Å². The number of thiophene rings is 1. The zero-order valence-electron chi connectivity index (χ0n) is 13.3. The summed E-state index contributed by atoms with van der Waals surface area (Å²) in [5, 5.41) is 8.00. The van der Waals surface area contributed by atoms with Crippen LogP contribution in [-0.2, 0) is 16.4 Å². The molecule has 0 saturated heterocycles. The van der Waals surface area contributed by atoms with Crippen LogP contribution in [0.5, 0.6) is 0 Å². The molecule has 7 heteroatoms. The van der Waals surface area contributed by atoms with Crippen LogP contribution >= 0.6 is 11.3 Å². The normalized spacial score (nSPS) is 12.9. The molecule has 23 heavy (non-hydrogen) atoms. The van der Waals surface area contributed by atoms with Gasteiger partial charge in [-0.3, -0.25) is 4.79 Å². The first-order chi connectivity index (χ1) is 10.7. The van der Waals surface area contributed by atoms with Gasteiger partial charge in [0.25, 0.3) is 5.91 Å². The average molecular weight is 352 g/mol. The van der Waals surface area contributed by atoms with Crippen molar-refractivity contribution >= 4 is 27.3 Å². The maximum absolute atomic E-state index is 12.3. The molecular formula is C16H20N2O3S2. The number of carbonyl (C=O) groups is 1. The monoisotopic (exact) mass is 352 g/mol. The van der Waals surface area contributed by atoms with Crippen LogP contribution in [0.25, 0.3) is 0 Å². The first-order valence-corrected chi connectivity index (χ1v) is 9.61. The number of hydrogen-bond acceptors (Lipinski definition) is 4. The minimum Gasteiger partial charge on any atom is -0.345 e. The van der Waals surface area contributed by atoms with Gasteiger partial charge in [-0.05, 0) is 49.6 Å². The Balaban J connectivity index is 2.11. The first-order valence-electron chi connectivity index (χ1n) is 7.25. The highest BCUT2D eigenvalue weighted by atomic mass is 32.2. The highest BCUT2D eigenvalue weighted by Crippen LogP contribution is 2.23. The molecule has 5 nitrogen and oxygen atoms in total. The number of aryl methyl sites for hydroxylation is 2. The number of sulfonamides is 1. The van der Waals surface area contributed by atoms with Crippen molar-refractivity contribution in [3.63, 3.8) is 0 Å². The fraction of sp³-hybridized carbons (Fsp3) is 0.312. The van der Waals surface area contributed by atoms with Crippen LogP contribution in [0.2, 0.25) is 0 Å². The molecule has 0 aliphatic carbocycles. The van der Waals surface area contributed by atoms with Crippen molar-refractivity contribution in [1.82, 2.24) is 5.32 Å². The van der Waals surface area contributed by atoms with E-state index in [0.29, 0.717) is 4.88 Å². The molecule has 1 unspecified atom stereocenters. The molecule has 0 spiro atoms. The molecule has 3 N–H and O–H groups in total. The molecule has 2 rings (SSSR count). The molecule has 0 bridgehead atoms. The molecule has 0 radical (unpaired) electrons. The second-order valence-electron chi connectivity index (χ2n) is 5.35. The molecule has 1 atom stereocenters. The summed E-state index contributed by atoms with van der Waals surface area (Å²) in [6.07, 6.45) is 0.903. The summed E-state index contributed by atoms with van der Waals surface area (Å²) in [6.45, 7) is 5.92. The van der Waals surface area contributed by atoms with Crippen molar-refractivity contribution in [1.29, 1.82) is 0 Å². The topological polar surface area (TPSA) is 89.3 Å². The van der Waals surface area contributed by atoms with Crippen LogP contribution in [0.3, 0.4) is 0 Å². The van der Waals surface area contributed by atoms with Gasteiger partial charge in [0.1, 0.15) is 0 Å². The molecule has 1 aromatic heterocycles. The summed E-state index contributed by atoms with van der Waals surface area (Å²) in [4.78, 5) is 14.2. The maximum atomic E-state index is 12.3. The Morgan fingerprint density at radius 1 is 1.30 bits per heavy atom. The summed E-state index contributed by atoms with van der Waals surface area (Å²) in [5.74, 6) is -0.124. The lowest BCUT2D eigenvalue weighted by molar-refractivity contribution is 0.0944. The summed E-state index contributed by atoms with van der Waals surface area (Å²) in [6, 6.07) is 7.88. The third-order valence-corrected chi connectivity index (χ3v) is 5.70. The Bertz CT molecular complexity index is 808. The second kappa shape index (κ2) is 6.82. The van der Waals surface area contributed by atoms with Gasteiger partial charge in [-0.15, -0.1) is 11.3 Å². The first kappa shape index (κ1) is 17.7. The SMILES string of the molecule is CCc1cc(C(=O)NC(C)c2ccc(S(N)(=O)=O)cc2)sc1C. The third kappa shape index (κ3) is 4.19. The van der Waals surface area contributed by atoms with Crippen molar-refractivity contribution in [3.8, 4) is 0 Å². The van der Waals surface area contributed by atoms with E-state index in [1.807, 2.05) is 19.9 Å². The van der Waals surface area contributed by atoms with E-state index in [1.165, 1.54) is 29.0 Å². The van der Waals surface area contributed by atoms with Gasteiger partial charge in [0.2, 0.25) is 10.0 Å². The van der Waals surface area contributed by atoms with Gasteiger partial charge >= 0.3 is 0 Å². The number of hydrogen-bond donors (Lipinski definition) is 2. The lowest BCUT2D eigenvalue weighted by Gasteiger charge is -2.14.